The van der Waals surface area contributed by atoms with Crippen molar-refractivity contribution in [2.24, 2.45) is 0 Å². The van der Waals surface area contributed by atoms with Crippen molar-refractivity contribution in [2.45, 2.75) is 19.3 Å². The number of carbonyl (C=O) groups excluding carboxylic acids is 1. The first-order valence-electron chi connectivity index (χ1n) is 8.71. The summed E-state index contributed by atoms with van der Waals surface area (Å²) < 4.78 is 9.93. The Morgan fingerprint density at radius 1 is 1.08 bits per heavy atom. The minimum Gasteiger partial charge on any atom is -0.461 e. The Bertz CT molecular complexity index is 382. The van der Waals surface area contributed by atoms with Gasteiger partial charge in [0.15, 0.2) is 11.5 Å². The zero-order valence-electron chi connectivity index (χ0n) is 15.8. The molecule has 5 nitrogen and oxygen atoms in total. The van der Waals surface area contributed by atoms with Gasteiger partial charge >= 0.3 is 0 Å². The smallest absolute Gasteiger partial charge is 0.199 e. The summed E-state index contributed by atoms with van der Waals surface area (Å²) in [6.45, 7) is 4.83. The van der Waals surface area contributed by atoms with Crippen LogP contribution in [0.2, 0.25) is 0 Å². The number of rotatable bonds is 15. The lowest BCUT2D eigenvalue weighted by Gasteiger charge is -2.02. The highest BCUT2D eigenvalue weighted by molar-refractivity contribution is 7.98. The maximum absolute atomic E-state index is 11.4. The molecule has 0 amide bonds. The summed E-state index contributed by atoms with van der Waals surface area (Å²) in [7, 11) is 1.75. The summed E-state index contributed by atoms with van der Waals surface area (Å²) in [5.74, 6) is 2.81. The van der Waals surface area contributed by atoms with Crippen LogP contribution in [0.1, 0.15) is 29.8 Å². The molecule has 1 heterocycles. The Labute approximate surface area is 161 Å². The van der Waals surface area contributed by atoms with Gasteiger partial charge in [-0.2, -0.15) is 23.5 Å². The number of methoxy groups -OCH3 is 1. The number of Topliss-reactive ketones (excluding diaryl/α,β-unsaturated/α-hetero) is 1. The van der Waals surface area contributed by atoms with E-state index < -0.39 is 0 Å². The molecule has 1 aromatic rings. The number of hydrogen-bond acceptors (Lipinski definition) is 7. The van der Waals surface area contributed by atoms with E-state index in [4.69, 9.17) is 9.15 Å². The average molecular weight is 391 g/mol. The summed E-state index contributed by atoms with van der Waals surface area (Å²) >= 11 is 3.68. The number of nitrogens with one attached hydrogen (secondary N) is 2. The highest BCUT2D eigenvalue weighted by Gasteiger charge is 2.06. The third kappa shape index (κ3) is 16.7. The first-order chi connectivity index (χ1) is 12.3. The predicted molar refractivity (Wildman–Crippen MR) is 111 cm³/mol. The monoisotopic (exact) mass is 390 g/mol. The highest BCUT2D eigenvalue weighted by Crippen LogP contribution is 2.03. The van der Waals surface area contributed by atoms with Gasteiger partial charge in [-0.25, -0.2) is 0 Å². The minimum atomic E-state index is 0.0617. The van der Waals surface area contributed by atoms with Crippen LogP contribution in [-0.4, -0.2) is 69.7 Å². The third-order valence-electron chi connectivity index (χ3n) is 3.24. The van der Waals surface area contributed by atoms with Gasteiger partial charge in [0.05, 0.1) is 6.26 Å². The quantitative estimate of drug-likeness (QED) is 0.352. The zero-order valence-corrected chi connectivity index (χ0v) is 17.5. The Hall–Kier alpha value is -0.470. The van der Waals surface area contributed by atoms with Crippen LogP contribution >= 0.6 is 23.5 Å². The molecule has 0 aromatic carbocycles. The normalized spacial score (nSPS) is 10.4. The van der Waals surface area contributed by atoms with Crippen molar-refractivity contribution in [3.05, 3.63) is 24.2 Å². The lowest BCUT2D eigenvalue weighted by atomic mass is 10.2. The van der Waals surface area contributed by atoms with E-state index in [1.54, 1.807) is 31.0 Å². The number of furan rings is 1. The summed E-state index contributed by atoms with van der Waals surface area (Å²) in [5.41, 5.74) is 0. The number of ether oxygens (including phenoxy) is 1. The first-order valence-corrected chi connectivity index (χ1v) is 11.5. The molecule has 25 heavy (non-hydrogen) atoms. The number of thioether (sulfide) groups is 2. The van der Waals surface area contributed by atoms with Gasteiger partial charge in [0, 0.05) is 51.3 Å². The van der Waals surface area contributed by atoms with Crippen molar-refractivity contribution in [1.29, 1.82) is 0 Å². The Kier molecular flexibility index (Phi) is 19.5. The predicted octanol–water partition coefficient (Wildman–Crippen LogP) is 3.17. The highest BCUT2D eigenvalue weighted by atomic mass is 32.2. The SMILES string of the molecule is COCCCCNCCSC.CSCCNCCC(=O)c1ccco1. The topological polar surface area (TPSA) is 63.5 Å². The maximum atomic E-state index is 11.4. The van der Waals surface area contributed by atoms with Crippen molar-refractivity contribution in [1.82, 2.24) is 10.6 Å². The van der Waals surface area contributed by atoms with Gasteiger partial charge in [0.25, 0.3) is 0 Å². The van der Waals surface area contributed by atoms with E-state index in [2.05, 4.69) is 23.1 Å². The molecule has 0 unspecified atom stereocenters. The summed E-state index contributed by atoms with van der Waals surface area (Å²) in [4.78, 5) is 11.4. The van der Waals surface area contributed by atoms with E-state index in [0.29, 0.717) is 12.2 Å². The molecule has 0 atom stereocenters. The maximum Gasteiger partial charge on any atom is 0.199 e. The molecule has 0 bridgehead atoms. The van der Waals surface area contributed by atoms with E-state index in [1.165, 1.54) is 24.9 Å². The number of unbranched alkanes of at least 4 members (excludes halogenated alkanes) is 1. The Morgan fingerprint density at radius 2 is 1.76 bits per heavy atom. The van der Waals surface area contributed by atoms with Gasteiger partial charge in [0.2, 0.25) is 0 Å². The number of ketones is 1. The summed E-state index contributed by atoms with van der Waals surface area (Å²) in [5, 5.41) is 6.56. The average Bonchev–Trinajstić information content (AvgIpc) is 3.16. The molecule has 146 valence electrons. The molecular formula is C18H34N2O3S2. The van der Waals surface area contributed by atoms with Crippen molar-refractivity contribution in [2.75, 3.05) is 63.9 Å². The largest absolute Gasteiger partial charge is 0.461 e. The van der Waals surface area contributed by atoms with Crippen molar-refractivity contribution in [3.63, 3.8) is 0 Å². The number of hydrogen-bond donors (Lipinski definition) is 2. The van der Waals surface area contributed by atoms with Crippen LogP contribution in [0.3, 0.4) is 0 Å². The van der Waals surface area contributed by atoms with Crippen LogP contribution in [0.25, 0.3) is 0 Å². The molecule has 1 aromatic heterocycles. The second kappa shape index (κ2) is 19.8. The molecule has 1 rings (SSSR count). The fourth-order valence-electron chi connectivity index (χ4n) is 1.86. The van der Waals surface area contributed by atoms with Gasteiger partial charge in [0.1, 0.15) is 0 Å². The molecule has 0 aliphatic rings. The first kappa shape index (κ1) is 24.5. The van der Waals surface area contributed by atoms with Gasteiger partial charge in [-0.1, -0.05) is 0 Å². The standard InChI is InChI=1S/C10H15NO2S.C8H19NOS/c1-14-8-6-11-5-4-9(12)10-3-2-7-13-10;1-10-7-4-3-5-9-6-8-11-2/h2-3,7,11H,4-6,8H2,1H3;9H,3-8H2,1-2H3. The molecular weight excluding hydrogens is 356 g/mol. The van der Waals surface area contributed by atoms with E-state index in [1.807, 2.05) is 11.8 Å². The van der Waals surface area contributed by atoms with Crippen LogP contribution in [0, 0.1) is 0 Å². The molecule has 0 aliphatic heterocycles. The molecule has 0 saturated heterocycles. The van der Waals surface area contributed by atoms with E-state index >= 15 is 0 Å². The van der Waals surface area contributed by atoms with Crippen LogP contribution in [0.15, 0.2) is 22.8 Å². The van der Waals surface area contributed by atoms with Gasteiger partial charge in [-0.05, 0) is 44.0 Å². The van der Waals surface area contributed by atoms with Crippen LogP contribution in [0.4, 0.5) is 0 Å². The van der Waals surface area contributed by atoms with Crippen molar-refractivity contribution in [3.8, 4) is 0 Å². The van der Waals surface area contributed by atoms with Crippen LogP contribution in [0.5, 0.6) is 0 Å². The fourth-order valence-corrected chi connectivity index (χ4v) is 2.55. The van der Waals surface area contributed by atoms with Crippen molar-refractivity contribution >= 4 is 29.3 Å². The molecule has 0 fully saturated rings. The summed E-state index contributed by atoms with van der Waals surface area (Å²) in [6.07, 6.45) is 8.61. The molecule has 0 aliphatic carbocycles. The minimum absolute atomic E-state index is 0.0617. The van der Waals surface area contributed by atoms with Gasteiger partial charge < -0.3 is 19.8 Å². The molecule has 7 heteroatoms. The van der Waals surface area contributed by atoms with E-state index in [9.17, 15) is 4.79 Å². The lowest BCUT2D eigenvalue weighted by molar-refractivity contribution is 0.0956. The lowest BCUT2D eigenvalue weighted by Crippen LogP contribution is -2.20. The van der Waals surface area contributed by atoms with Crippen LogP contribution in [-0.2, 0) is 4.74 Å². The Morgan fingerprint density at radius 3 is 2.32 bits per heavy atom. The molecule has 0 spiro atoms. The third-order valence-corrected chi connectivity index (χ3v) is 4.47. The molecule has 2 N–H and O–H groups in total. The van der Waals surface area contributed by atoms with Gasteiger partial charge in [-0.3, -0.25) is 4.79 Å². The number of carbonyl (C=O) groups is 1. The van der Waals surface area contributed by atoms with Crippen molar-refractivity contribution < 1.29 is 13.9 Å². The summed E-state index contributed by atoms with van der Waals surface area (Å²) in [6, 6.07) is 3.43. The van der Waals surface area contributed by atoms with Gasteiger partial charge in [-0.15, -0.1) is 0 Å². The Balaban J connectivity index is 0.000000477. The zero-order chi connectivity index (χ0) is 18.6. The van der Waals surface area contributed by atoms with E-state index in [0.717, 1.165) is 38.5 Å². The molecule has 0 radical (unpaired) electrons. The molecule has 0 saturated carbocycles. The second-order valence-electron chi connectivity index (χ2n) is 5.34. The fraction of sp³-hybridized carbons (Fsp3) is 0.722. The van der Waals surface area contributed by atoms with Crippen LogP contribution < -0.4 is 10.6 Å². The van der Waals surface area contributed by atoms with E-state index in [-0.39, 0.29) is 5.78 Å². The second-order valence-corrected chi connectivity index (χ2v) is 7.31.